The minimum absolute atomic E-state index is 0.185. The van der Waals surface area contributed by atoms with E-state index in [2.05, 4.69) is 55.9 Å². The Morgan fingerprint density at radius 2 is 1.72 bits per heavy atom. The van der Waals surface area contributed by atoms with Gasteiger partial charge in [0.05, 0.1) is 12.1 Å². The summed E-state index contributed by atoms with van der Waals surface area (Å²) in [4.78, 5) is 4.55. The zero-order valence-electron chi connectivity index (χ0n) is 11.8. The van der Waals surface area contributed by atoms with Crippen molar-refractivity contribution in [2.45, 2.75) is 26.0 Å². The van der Waals surface area contributed by atoms with Crippen LogP contribution in [-0.4, -0.2) is 54.7 Å². The predicted octanol–water partition coefficient (Wildman–Crippen LogP) is 1.58. The second kappa shape index (κ2) is 5.39. The van der Waals surface area contributed by atoms with Crippen molar-refractivity contribution in [3.63, 3.8) is 0 Å². The van der Waals surface area contributed by atoms with Crippen LogP contribution in [0.15, 0.2) is 18.2 Å². The predicted molar refractivity (Wildman–Crippen MR) is 74.8 cm³/mol. The van der Waals surface area contributed by atoms with E-state index in [9.17, 15) is 5.11 Å². The fourth-order valence-corrected chi connectivity index (χ4v) is 2.79. The highest BCUT2D eigenvalue weighted by molar-refractivity contribution is 5.30. The van der Waals surface area contributed by atoms with Crippen molar-refractivity contribution >= 4 is 0 Å². The van der Waals surface area contributed by atoms with Gasteiger partial charge in [-0.05, 0) is 33.5 Å². The number of piperazine rings is 1. The minimum atomic E-state index is -0.406. The fraction of sp³-hybridized carbons (Fsp3) is 0.600. The van der Waals surface area contributed by atoms with Crippen LogP contribution in [0.2, 0.25) is 0 Å². The molecule has 1 heterocycles. The number of benzene rings is 1. The van der Waals surface area contributed by atoms with Gasteiger partial charge in [0, 0.05) is 19.6 Å². The standard InChI is InChI=1S/C15H24N2O/c1-11-7-12(2)9-13(8-11)15(18)14-10-16(3)5-6-17(14)4/h7-9,14-15,18H,5-6,10H2,1-4H3. The summed E-state index contributed by atoms with van der Waals surface area (Å²) >= 11 is 0. The van der Waals surface area contributed by atoms with E-state index in [4.69, 9.17) is 0 Å². The van der Waals surface area contributed by atoms with E-state index < -0.39 is 6.10 Å². The van der Waals surface area contributed by atoms with Crippen LogP contribution in [0.25, 0.3) is 0 Å². The molecule has 1 saturated heterocycles. The lowest BCUT2D eigenvalue weighted by Gasteiger charge is -2.40. The van der Waals surface area contributed by atoms with Crippen LogP contribution >= 0.6 is 0 Å². The van der Waals surface area contributed by atoms with Gasteiger partial charge in [-0.2, -0.15) is 0 Å². The lowest BCUT2D eigenvalue weighted by Crippen LogP contribution is -2.52. The molecule has 2 unspecified atom stereocenters. The summed E-state index contributed by atoms with van der Waals surface area (Å²) in [6, 6.07) is 6.53. The maximum atomic E-state index is 10.6. The molecule has 1 aliphatic heterocycles. The van der Waals surface area contributed by atoms with Gasteiger partial charge in [-0.15, -0.1) is 0 Å². The Bertz CT molecular complexity index is 399. The number of aliphatic hydroxyl groups excluding tert-OH is 1. The summed E-state index contributed by atoms with van der Waals surface area (Å²) in [7, 11) is 4.22. The highest BCUT2D eigenvalue weighted by Gasteiger charge is 2.29. The Morgan fingerprint density at radius 3 is 2.33 bits per heavy atom. The summed E-state index contributed by atoms with van der Waals surface area (Å²) in [5, 5.41) is 10.6. The second-order valence-corrected chi connectivity index (χ2v) is 5.68. The summed E-state index contributed by atoms with van der Waals surface area (Å²) in [5.41, 5.74) is 3.48. The van der Waals surface area contributed by atoms with Gasteiger partial charge in [0.1, 0.15) is 0 Å². The Hall–Kier alpha value is -0.900. The van der Waals surface area contributed by atoms with Gasteiger partial charge < -0.3 is 10.0 Å². The lowest BCUT2D eigenvalue weighted by molar-refractivity contribution is 0.0138. The Balaban J connectivity index is 2.21. The van der Waals surface area contributed by atoms with Crippen molar-refractivity contribution in [3.8, 4) is 0 Å². The number of likely N-dealkylation sites (N-methyl/N-ethyl adjacent to an activating group) is 2. The van der Waals surface area contributed by atoms with Gasteiger partial charge in [-0.3, -0.25) is 4.90 Å². The molecule has 1 fully saturated rings. The summed E-state index contributed by atoms with van der Waals surface area (Å²) in [6.07, 6.45) is -0.406. The highest BCUT2D eigenvalue weighted by atomic mass is 16.3. The largest absolute Gasteiger partial charge is 0.387 e. The summed E-state index contributed by atoms with van der Waals surface area (Å²) < 4.78 is 0. The maximum Gasteiger partial charge on any atom is 0.0957 e. The van der Waals surface area contributed by atoms with Crippen molar-refractivity contribution in [2.24, 2.45) is 0 Å². The molecule has 1 aliphatic rings. The first-order valence-electron chi connectivity index (χ1n) is 6.62. The molecule has 100 valence electrons. The zero-order valence-corrected chi connectivity index (χ0v) is 11.8. The third kappa shape index (κ3) is 2.91. The van der Waals surface area contributed by atoms with Crippen LogP contribution in [0.5, 0.6) is 0 Å². The lowest BCUT2D eigenvalue weighted by atomic mass is 9.96. The smallest absolute Gasteiger partial charge is 0.0957 e. The summed E-state index contributed by atoms with van der Waals surface area (Å²) in [5.74, 6) is 0. The molecular weight excluding hydrogens is 224 g/mol. The average molecular weight is 248 g/mol. The number of nitrogens with zero attached hydrogens (tertiary/aromatic N) is 2. The van der Waals surface area contributed by atoms with E-state index >= 15 is 0 Å². The van der Waals surface area contributed by atoms with Crippen molar-refractivity contribution in [3.05, 3.63) is 34.9 Å². The van der Waals surface area contributed by atoms with Crippen LogP contribution in [0, 0.1) is 13.8 Å². The minimum Gasteiger partial charge on any atom is -0.387 e. The van der Waals surface area contributed by atoms with Crippen LogP contribution < -0.4 is 0 Å². The quantitative estimate of drug-likeness (QED) is 0.861. The number of aryl methyl sites for hydroxylation is 2. The van der Waals surface area contributed by atoms with Gasteiger partial charge in [0.2, 0.25) is 0 Å². The molecule has 2 rings (SSSR count). The molecule has 0 bridgehead atoms. The van der Waals surface area contributed by atoms with Gasteiger partial charge in [-0.25, -0.2) is 0 Å². The van der Waals surface area contributed by atoms with Crippen LogP contribution in [-0.2, 0) is 0 Å². The first kappa shape index (κ1) is 13.5. The summed E-state index contributed by atoms with van der Waals surface area (Å²) in [6.45, 7) is 7.18. The molecule has 1 aromatic rings. The van der Waals surface area contributed by atoms with Gasteiger partial charge >= 0.3 is 0 Å². The number of rotatable bonds is 2. The van der Waals surface area contributed by atoms with E-state index in [0.717, 1.165) is 25.2 Å². The Morgan fingerprint density at radius 1 is 1.11 bits per heavy atom. The second-order valence-electron chi connectivity index (χ2n) is 5.68. The van der Waals surface area contributed by atoms with Gasteiger partial charge in [0.25, 0.3) is 0 Å². The topological polar surface area (TPSA) is 26.7 Å². The van der Waals surface area contributed by atoms with E-state index in [0.29, 0.717) is 0 Å². The molecule has 0 saturated carbocycles. The average Bonchev–Trinajstić information content (AvgIpc) is 2.30. The van der Waals surface area contributed by atoms with Crippen molar-refractivity contribution in [2.75, 3.05) is 33.7 Å². The molecule has 2 atom stereocenters. The fourth-order valence-electron chi connectivity index (χ4n) is 2.79. The molecule has 0 amide bonds. The molecule has 1 aromatic carbocycles. The van der Waals surface area contributed by atoms with Crippen molar-refractivity contribution < 1.29 is 5.11 Å². The van der Waals surface area contributed by atoms with Crippen LogP contribution in [0.3, 0.4) is 0 Å². The molecule has 0 spiro atoms. The van der Waals surface area contributed by atoms with Crippen molar-refractivity contribution in [1.29, 1.82) is 0 Å². The molecule has 3 heteroatoms. The monoisotopic (exact) mass is 248 g/mol. The van der Waals surface area contributed by atoms with Crippen LogP contribution in [0.1, 0.15) is 22.8 Å². The van der Waals surface area contributed by atoms with Crippen LogP contribution in [0.4, 0.5) is 0 Å². The third-order valence-electron chi connectivity index (χ3n) is 3.85. The molecule has 3 nitrogen and oxygen atoms in total. The molecule has 0 aromatic heterocycles. The van der Waals surface area contributed by atoms with Crippen molar-refractivity contribution in [1.82, 2.24) is 9.80 Å². The Labute approximate surface area is 110 Å². The molecule has 0 aliphatic carbocycles. The SMILES string of the molecule is Cc1cc(C)cc(C(O)C2CN(C)CCN2C)c1. The highest BCUT2D eigenvalue weighted by Crippen LogP contribution is 2.24. The number of hydrogen-bond acceptors (Lipinski definition) is 3. The number of aliphatic hydroxyl groups is 1. The van der Waals surface area contributed by atoms with E-state index in [-0.39, 0.29) is 6.04 Å². The first-order valence-corrected chi connectivity index (χ1v) is 6.62. The van der Waals surface area contributed by atoms with E-state index in [1.165, 1.54) is 11.1 Å². The zero-order chi connectivity index (χ0) is 13.3. The van der Waals surface area contributed by atoms with E-state index in [1.54, 1.807) is 0 Å². The number of hydrogen-bond donors (Lipinski definition) is 1. The normalized spacial score (nSPS) is 24.2. The first-order chi connectivity index (χ1) is 8.47. The Kier molecular flexibility index (Phi) is 4.05. The molecule has 0 radical (unpaired) electrons. The third-order valence-corrected chi connectivity index (χ3v) is 3.85. The molecular formula is C15H24N2O. The molecule has 18 heavy (non-hydrogen) atoms. The van der Waals surface area contributed by atoms with Gasteiger partial charge in [0.15, 0.2) is 0 Å². The van der Waals surface area contributed by atoms with Gasteiger partial charge in [-0.1, -0.05) is 29.3 Å². The maximum absolute atomic E-state index is 10.6. The molecule has 1 N–H and O–H groups in total. The van der Waals surface area contributed by atoms with E-state index in [1.807, 2.05) is 0 Å².